The van der Waals surface area contributed by atoms with Gasteiger partial charge in [0.1, 0.15) is 0 Å². The van der Waals surface area contributed by atoms with Crippen LogP contribution in [0.1, 0.15) is 19.3 Å². The molecule has 0 aromatic carbocycles. The van der Waals surface area contributed by atoms with E-state index in [2.05, 4.69) is 5.92 Å². The van der Waals surface area contributed by atoms with Gasteiger partial charge in [-0.25, -0.2) is 8.42 Å². The first-order valence-electron chi connectivity index (χ1n) is 5.94. The molecule has 94 valence electrons. The summed E-state index contributed by atoms with van der Waals surface area (Å²) in [5.41, 5.74) is 0. The highest BCUT2D eigenvalue weighted by Gasteiger charge is 2.36. The van der Waals surface area contributed by atoms with Gasteiger partial charge in [0.2, 0.25) is 5.91 Å². The number of nitrogens with zero attached hydrogens (tertiary/aromatic N) is 1. The lowest BCUT2D eigenvalue weighted by Gasteiger charge is -2.22. The Hall–Kier alpha value is -1.02. The smallest absolute Gasteiger partial charge is 0.227 e. The molecule has 1 atom stereocenters. The maximum Gasteiger partial charge on any atom is 0.227 e. The summed E-state index contributed by atoms with van der Waals surface area (Å²) in [6, 6.07) is 0. The highest BCUT2D eigenvalue weighted by molar-refractivity contribution is 7.91. The normalized spacial score (nSPS) is 26.4. The fraction of sp³-hybridized carbons (Fsp3) is 0.750. The third-order valence-corrected chi connectivity index (χ3v) is 5.12. The van der Waals surface area contributed by atoms with Crippen LogP contribution in [0.2, 0.25) is 0 Å². The van der Waals surface area contributed by atoms with Gasteiger partial charge in [0.15, 0.2) is 9.84 Å². The Morgan fingerprint density at radius 2 is 2.06 bits per heavy atom. The minimum absolute atomic E-state index is 0.00241. The summed E-state index contributed by atoms with van der Waals surface area (Å²) in [7, 11) is -3.00. The van der Waals surface area contributed by atoms with Crippen molar-refractivity contribution in [2.45, 2.75) is 19.3 Å². The minimum Gasteiger partial charge on any atom is -0.331 e. The van der Waals surface area contributed by atoms with E-state index in [1.54, 1.807) is 4.90 Å². The number of hydrogen-bond donors (Lipinski definition) is 0. The number of rotatable bonds is 4. The van der Waals surface area contributed by atoms with Crippen LogP contribution in [-0.4, -0.2) is 43.8 Å². The van der Waals surface area contributed by atoms with E-state index in [0.29, 0.717) is 25.4 Å². The second kappa shape index (κ2) is 4.69. The van der Waals surface area contributed by atoms with Crippen molar-refractivity contribution < 1.29 is 13.2 Å². The van der Waals surface area contributed by atoms with Crippen LogP contribution in [0.4, 0.5) is 0 Å². The molecule has 2 fully saturated rings. The molecule has 0 N–H and O–H groups in total. The van der Waals surface area contributed by atoms with E-state index in [-0.39, 0.29) is 23.3 Å². The Balaban J connectivity index is 1.98. The molecule has 1 unspecified atom stereocenters. The molecule has 17 heavy (non-hydrogen) atoms. The lowest BCUT2D eigenvalue weighted by Crippen LogP contribution is -2.38. The zero-order chi connectivity index (χ0) is 12.5. The average molecular weight is 255 g/mol. The van der Waals surface area contributed by atoms with Crippen molar-refractivity contribution in [2.24, 2.45) is 11.8 Å². The molecule has 1 amide bonds. The van der Waals surface area contributed by atoms with Gasteiger partial charge in [0, 0.05) is 6.54 Å². The van der Waals surface area contributed by atoms with Gasteiger partial charge in [-0.05, 0) is 25.2 Å². The van der Waals surface area contributed by atoms with Crippen molar-refractivity contribution in [2.75, 3.05) is 24.6 Å². The number of carbonyl (C=O) groups excluding carboxylic acids is 1. The summed E-state index contributed by atoms with van der Waals surface area (Å²) >= 11 is 0. The first kappa shape index (κ1) is 12.4. The zero-order valence-corrected chi connectivity index (χ0v) is 10.6. The maximum absolute atomic E-state index is 12.2. The Bertz CT molecular complexity index is 445. The molecule has 1 heterocycles. The van der Waals surface area contributed by atoms with Crippen LogP contribution in [0.25, 0.3) is 0 Å². The summed E-state index contributed by atoms with van der Waals surface area (Å²) < 4.78 is 22.7. The molecule has 4 nitrogen and oxygen atoms in total. The summed E-state index contributed by atoms with van der Waals surface area (Å²) in [6.45, 7) is 0.992. The molecule has 1 saturated carbocycles. The molecule has 5 heteroatoms. The number of carbonyl (C=O) groups is 1. The van der Waals surface area contributed by atoms with E-state index in [1.165, 1.54) is 0 Å². The zero-order valence-electron chi connectivity index (χ0n) is 9.76. The summed E-state index contributed by atoms with van der Waals surface area (Å²) in [4.78, 5) is 13.8. The summed E-state index contributed by atoms with van der Waals surface area (Å²) in [6.07, 6.45) is 8.00. The first-order valence-corrected chi connectivity index (χ1v) is 7.76. The van der Waals surface area contributed by atoms with Crippen molar-refractivity contribution in [1.29, 1.82) is 0 Å². The van der Waals surface area contributed by atoms with Crippen molar-refractivity contribution in [1.82, 2.24) is 4.90 Å². The molecule has 2 rings (SSSR count). The molecule has 0 spiro atoms. The van der Waals surface area contributed by atoms with Crippen molar-refractivity contribution >= 4 is 15.7 Å². The van der Waals surface area contributed by atoms with E-state index >= 15 is 0 Å². The van der Waals surface area contributed by atoms with Crippen LogP contribution in [0, 0.1) is 24.2 Å². The number of terminal acetylenes is 1. The predicted molar refractivity (Wildman–Crippen MR) is 64.9 cm³/mol. The van der Waals surface area contributed by atoms with Crippen LogP contribution in [0.5, 0.6) is 0 Å². The maximum atomic E-state index is 12.2. The molecular weight excluding hydrogens is 238 g/mol. The van der Waals surface area contributed by atoms with Gasteiger partial charge in [0.25, 0.3) is 0 Å². The summed E-state index contributed by atoms with van der Waals surface area (Å²) in [5, 5.41) is 0. The van der Waals surface area contributed by atoms with Gasteiger partial charge in [0.05, 0.1) is 24.0 Å². The highest BCUT2D eigenvalue weighted by atomic mass is 32.2. The molecule has 0 aromatic rings. The van der Waals surface area contributed by atoms with Gasteiger partial charge >= 0.3 is 0 Å². The Labute approximate surface area is 102 Å². The van der Waals surface area contributed by atoms with Crippen LogP contribution in [-0.2, 0) is 14.6 Å². The van der Waals surface area contributed by atoms with Crippen LogP contribution < -0.4 is 0 Å². The fourth-order valence-corrected chi connectivity index (χ4v) is 3.94. The second-order valence-electron chi connectivity index (χ2n) is 4.97. The average Bonchev–Trinajstić information content (AvgIpc) is 3.00. The molecule has 2 aliphatic rings. The van der Waals surface area contributed by atoms with E-state index in [1.807, 2.05) is 0 Å². The molecule has 0 bridgehead atoms. The lowest BCUT2D eigenvalue weighted by atomic mass is 10.1. The highest BCUT2D eigenvalue weighted by Crippen LogP contribution is 2.30. The van der Waals surface area contributed by atoms with Gasteiger partial charge in [-0.2, -0.15) is 0 Å². The van der Waals surface area contributed by atoms with Crippen molar-refractivity contribution in [3.05, 3.63) is 0 Å². The van der Waals surface area contributed by atoms with Crippen LogP contribution in [0.15, 0.2) is 0 Å². The Morgan fingerprint density at radius 1 is 1.35 bits per heavy atom. The Kier molecular flexibility index (Phi) is 3.43. The first-order chi connectivity index (χ1) is 8.02. The lowest BCUT2D eigenvalue weighted by molar-refractivity contribution is -0.134. The van der Waals surface area contributed by atoms with E-state index in [0.717, 1.165) is 12.8 Å². The van der Waals surface area contributed by atoms with Gasteiger partial charge in [-0.3, -0.25) is 4.79 Å². The van der Waals surface area contributed by atoms with Crippen LogP contribution in [0.3, 0.4) is 0 Å². The molecule has 0 radical (unpaired) electrons. The SMILES string of the molecule is C#CCN(CC1CC1)C(=O)C1CCS(=O)(=O)C1. The van der Waals surface area contributed by atoms with Gasteiger partial charge in [-0.1, -0.05) is 5.92 Å². The van der Waals surface area contributed by atoms with Crippen LogP contribution >= 0.6 is 0 Å². The van der Waals surface area contributed by atoms with E-state index < -0.39 is 9.84 Å². The Morgan fingerprint density at radius 3 is 2.53 bits per heavy atom. The van der Waals surface area contributed by atoms with Crippen molar-refractivity contribution in [3.8, 4) is 12.3 Å². The minimum atomic E-state index is -3.00. The third kappa shape index (κ3) is 3.22. The van der Waals surface area contributed by atoms with Crippen molar-refractivity contribution in [3.63, 3.8) is 0 Å². The van der Waals surface area contributed by atoms with E-state index in [9.17, 15) is 13.2 Å². The summed E-state index contributed by atoms with van der Waals surface area (Å²) in [5.74, 6) is 2.75. The monoisotopic (exact) mass is 255 g/mol. The topological polar surface area (TPSA) is 54.5 Å². The molecular formula is C12H17NO3S. The molecule has 0 aromatic heterocycles. The number of amides is 1. The standard InChI is InChI=1S/C12H17NO3S/c1-2-6-13(8-10-3-4-10)12(14)11-5-7-17(15,16)9-11/h1,10-11H,3-9H2. The fourth-order valence-electron chi connectivity index (χ4n) is 2.20. The molecule has 1 aliphatic heterocycles. The number of sulfone groups is 1. The largest absolute Gasteiger partial charge is 0.331 e. The van der Waals surface area contributed by atoms with Gasteiger partial charge < -0.3 is 4.90 Å². The predicted octanol–water partition coefficient (Wildman–Crippen LogP) is 0.293. The second-order valence-corrected chi connectivity index (χ2v) is 7.19. The van der Waals surface area contributed by atoms with E-state index in [4.69, 9.17) is 6.42 Å². The number of hydrogen-bond acceptors (Lipinski definition) is 3. The quantitative estimate of drug-likeness (QED) is 0.679. The van der Waals surface area contributed by atoms with Gasteiger partial charge in [-0.15, -0.1) is 6.42 Å². The molecule has 1 saturated heterocycles. The molecule has 1 aliphatic carbocycles. The third-order valence-electron chi connectivity index (χ3n) is 3.35.